The van der Waals surface area contributed by atoms with Crippen molar-refractivity contribution in [2.24, 2.45) is 5.73 Å². The Bertz CT molecular complexity index is 620. The maximum Gasteiger partial charge on any atom is 0.112 e. The molecule has 20 heavy (non-hydrogen) atoms. The van der Waals surface area contributed by atoms with Crippen molar-refractivity contribution in [1.29, 1.82) is 0 Å². The highest BCUT2D eigenvalue weighted by Crippen LogP contribution is 2.40. The summed E-state index contributed by atoms with van der Waals surface area (Å²) < 4.78 is 2.43. The fourth-order valence-corrected chi connectivity index (χ4v) is 3.61. The molecule has 0 atom stereocenters. The first-order chi connectivity index (χ1) is 9.75. The maximum absolute atomic E-state index is 6.63. The second-order valence-electron chi connectivity index (χ2n) is 6.59. The lowest BCUT2D eigenvalue weighted by Gasteiger charge is -2.33. The molecular weight excluding hydrogens is 248 g/mol. The van der Waals surface area contributed by atoms with Gasteiger partial charge in [-0.1, -0.05) is 19.3 Å². The van der Waals surface area contributed by atoms with Gasteiger partial charge < -0.3 is 10.3 Å². The fraction of sp³-hybridized carbons (Fsp3) is 0.625. The van der Waals surface area contributed by atoms with Crippen LogP contribution in [0.25, 0.3) is 11.0 Å². The Morgan fingerprint density at radius 1 is 1.25 bits per heavy atom. The molecular formula is C16H22N4. The lowest BCUT2D eigenvalue weighted by atomic mass is 9.80. The molecule has 0 radical (unpaired) electrons. The first-order valence-electron chi connectivity index (χ1n) is 7.85. The lowest BCUT2D eigenvalue weighted by molar-refractivity contribution is 0.287. The van der Waals surface area contributed by atoms with Gasteiger partial charge in [-0.3, -0.25) is 4.98 Å². The third-order valence-electron chi connectivity index (χ3n) is 4.84. The number of hydrogen-bond donors (Lipinski definition) is 1. The molecule has 0 saturated heterocycles. The van der Waals surface area contributed by atoms with Gasteiger partial charge in [-0.2, -0.15) is 0 Å². The standard InChI is InChI=1S/C16H22N4/c17-16(7-2-1-3-8-16)10-15-19-13-11-18-9-6-14(13)20(15)12-4-5-12/h6,9,11-12H,1-5,7-8,10,17H2. The third kappa shape index (κ3) is 2.12. The Labute approximate surface area is 119 Å². The number of rotatable bonds is 3. The van der Waals surface area contributed by atoms with E-state index in [1.165, 1.54) is 43.4 Å². The van der Waals surface area contributed by atoms with Crippen molar-refractivity contribution < 1.29 is 0 Å². The molecule has 0 amide bonds. The SMILES string of the molecule is NC1(Cc2nc3cnccc3n2C2CC2)CCCCC1. The van der Waals surface area contributed by atoms with E-state index in [4.69, 9.17) is 10.7 Å². The molecule has 0 spiro atoms. The van der Waals surface area contributed by atoms with Gasteiger partial charge in [-0.15, -0.1) is 0 Å². The maximum atomic E-state index is 6.63. The van der Waals surface area contributed by atoms with Crippen LogP contribution < -0.4 is 5.73 Å². The lowest BCUT2D eigenvalue weighted by Crippen LogP contribution is -2.44. The van der Waals surface area contributed by atoms with Gasteiger partial charge >= 0.3 is 0 Å². The average molecular weight is 270 g/mol. The quantitative estimate of drug-likeness (QED) is 0.932. The van der Waals surface area contributed by atoms with Gasteiger partial charge in [0.2, 0.25) is 0 Å². The van der Waals surface area contributed by atoms with Crippen LogP contribution >= 0.6 is 0 Å². The molecule has 0 aromatic carbocycles. The van der Waals surface area contributed by atoms with E-state index in [1.807, 2.05) is 12.4 Å². The van der Waals surface area contributed by atoms with Crippen LogP contribution in [0.4, 0.5) is 0 Å². The Hall–Kier alpha value is -1.42. The Kier molecular flexibility index (Phi) is 2.81. The molecule has 4 rings (SSSR count). The summed E-state index contributed by atoms with van der Waals surface area (Å²) in [5.41, 5.74) is 8.85. The van der Waals surface area contributed by atoms with Crippen molar-refractivity contribution in [2.45, 2.75) is 62.9 Å². The summed E-state index contributed by atoms with van der Waals surface area (Å²) in [6.45, 7) is 0. The first-order valence-corrected chi connectivity index (χ1v) is 7.85. The molecule has 4 heteroatoms. The highest BCUT2D eigenvalue weighted by atomic mass is 15.1. The van der Waals surface area contributed by atoms with Crippen LogP contribution in [0.1, 0.15) is 56.8 Å². The number of nitrogens with zero attached hydrogens (tertiary/aromatic N) is 3. The molecule has 2 aliphatic rings. The van der Waals surface area contributed by atoms with E-state index in [2.05, 4.69) is 15.6 Å². The van der Waals surface area contributed by atoms with E-state index in [-0.39, 0.29) is 5.54 Å². The van der Waals surface area contributed by atoms with Gasteiger partial charge in [0.1, 0.15) is 11.3 Å². The molecule has 2 heterocycles. The molecule has 2 aromatic rings. The molecule has 0 unspecified atom stereocenters. The molecule has 2 aliphatic carbocycles. The molecule has 0 aliphatic heterocycles. The smallest absolute Gasteiger partial charge is 0.112 e. The van der Waals surface area contributed by atoms with Gasteiger partial charge in [0.25, 0.3) is 0 Å². The summed E-state index contributed by atoms with van der Waals surface area (Å²) in [6.07, 6.45) is 13.4. The highest BCUT2D eigenvalue weighted by Gasteiger charge is 2.33. The Morgan fingerprint density at radius 3 is 2.80 bits per heavy atom. The molecule has 4 nitrogen and oxygen atoms in total. The van der Waals surface area contributed by atoms with E-state index in [1.54, 1.807) is 0 Å². The van der Waals surface area contributed by atoms with Crippen molar-refractivity contribution in [3.05, 3.63) is 24.3 Å². The highest BCUT2D eigenvalue weighted by molar-refractivity contribution is 5.75. The van der Waals surface area contributed by atoms with Crippen LogP contribution in [0, 0.1) is 0 Å². The summed E-state index contributed by atoms with van der Waals surface area (Å²) in [4.78, 5) is 9.04. The summed E-state index contributed by atoms with van der Waals surface area (Å²) in [7, 11) is 0. The van der Waals surface area contributed by atoms with E-state index in [0.717, 1.165) is 24.8 Å². The van der Waals surface area contributed by atoms with E-state index in [9.17, 15) is 0 Å². The summed E-state index contributed by atoms with van der Waals surface area (Å²) in [5.74, 6) is 1.18. The van der Waals surface area contributed by atoms with E-state index in [0.29, 0.717) is 6.04 Å². The van der Waals surface area contributed by atoms with Gasteiger partial charge in [-0.05, 0) is 31.7 Å². The fourth-order valence-electron chi connectivity index (χ4n) is 3.61. The van der Waals surface area contributed by atoms with Crippen LogP contribution in [-0.2, 0) is 6.42 Å². The second-order valence-corrected chi connectivity index (χ2v) is 6.59. The van der Waals surface area contributed by atoms with Crippen molar-refractivity contribution in [1.82, 2.24) is 14.5 Å². The molecule has 0 bridgehead atoms. The molecule has 2 fully saturated rings. The zero-order valence-corrected chi connectivity index (χ0v) is 11.9. The minimum absolute atomic E-state index is 0.0420. The van der Waals surface area contributed by atoms with Gasteiger partial charge in [0.15, 0.2) is 0 Å². The van der Waals surface area contributed by atoms with Gasteiger partial charge in [0.05, 0.1) is 11.7 Å². The normalized spacial score (nSPS) is 22.2. The second kappa shape index (κ2) is 4.55. The van der Waals surface area contributed by atoms with Crippen molar-refractivity contribution in [3.8, 4) is 0 Å². The van der Waals surface area contributed by atoms with Gasteiger partial charge in [-0.25, -0.2) is 4.98 Å². The van der Waals surface area contributed by atoms with Crippen LogP contribution in [0.2, 0.25) is 0 Å². The number of nitrogens with two attached hydrogens (primary N) is 1. The zero-order valence-electron chi connectivity index (χ0n) is 11.9. The largest absolute Gasteiger partial charge is 0.325 e. The van der Waals surface area contributed by atoms with Gasteiger partial charge in [0, 0.05) is 24.2 Å². The van der Waals surface area contributed by atoms with Crippen molar-refractivity contribution >= 4 is 11.0 Å². The molecule has 2 saturated carbocycles. The monoisotopic (exact) mass is 270 g/mol. The third-order valence-corrected chi connectivity index (χ3v) is 4.84. The number of aromatic nitrogens is 3. The molecule has 2 N–H and O–H groups in total. The predicted octanol–water partition coefficient (Wildman–Crippen LogP) is 2.97. The van der Waals surface area contributed by atoms with Crippen LogP contribution in [0.3, 0.4) is 0 Å². The summed E-state index contributed by atoms with van der Waals surface area (Å²) in [5, 5.41) is 0. The first kappa shape index (κ1) is 12.3. The number of pyridine rings is 1. The number of hydrogen-bond acceptors (Lipinski definition) is 3. The minimum atomic E-state index is -0.0420. The number of fused-ring (bicyclic) bond motifs is 1. The van der Waals surface area contributed by atoms with Crippen LogP contribution in [0.15, 0.2) is 18.5 Å². The summed E-state index contributed by atoms with van der Waals surface area (Å²) in [6, 6.07) is 2.73. The predicted molar refractivity (Wildman–Crippen MR) is 79.5 cm³/mol. The average Bonchev–Trinajstić information content (AvgIpc) is 3.21. The van der Waals surface area contributed by atoms with Crippen LogP contribution in [-0.4, -0.2) is 20.1 Å². The zero-order chi connectivity index (χ0) is 13.6. The van der Waals surface area contributed by atoms with Crippen LogP contribution in [0.5, 0.6) is 0 Å². The van der Waals surface area contributed by atoms with Crippen molar-refractivity contribution in [2.75, 3.05) is 0 Å². The molecule has 2 aromatic heterocycles. The van der Waals surface area contributed by atoms with Crippen molar-refractivity contribution in [3.63, 3.8) is 0 Å². The number of imidazole rings is 1. The van der Waals surface area contributed by atoms with E-state index >= 15 is 0 Å². The minimum Gasteiger partial charge on any atom is -0.325 e. The molecule has 106 valence electrons. The Balaban J connectivity index is 1.73. The topological polar surface area (TPSA) is 56.7 Å². The van der Waals surface area contributed by atoms with E-state index < -0.39 is 0 Å². The Morgan fingerprint density at radius 2 is 2.05 bits per heavy atom. The summed E-state index contributed by atoms with van der Waals surface area (Å²) >= 11 is 0.